The van der Waals surface area contributed by atoms with Crippen LogP contribution in [0.2, 0.25) is 0 Å². The van der Waals surface area contributed by atoms with Crippen molar-refractivity contribution in [3.05, 3.63) is 0 Å². The molecular weight excluding hydrogens is 112 g/mol. The van der Waals surface area contributed by atoms with E-state index in [1.54, 1.807) is 0 Å². The first-order valence-corrected chi connectivity index (χ1v) is 3.42. The lowest BCUT2D eigenvalue weighted by Crippen LogP contribution is -1.96. The van der Waals surface area contributed by atoms with Crippen LogP contribution in [0.3, 0.4) is 0 Å². The third-order valence-corrected chi connectivity index (χ3v) is 1.01. The van der Waals surface area contributed by atoms with Gasteiger partial charge in [0.05, 0.1) is 0 Å². The quantitative estimate of drug-likeness (QED) is 0.615. The molecule has 0 radical (unpaired) electrons. The van der Waals surface area contributed by atoms with Gasteiger partial charge in [0.25, 0.3) is 0 Å². The highest BCUT2D eigenvalue weighted by atomic mass is 16.3. The van der Waals surface area contributed by atoms with Crippen LogP contribution in [0.25, 0.3) is 0 Å². The predicted molar refractivity (Wildman–Crippen MR) is 44.6 cm³/mol. The van der Waals surface area contributed by atoms with Gasteiger partial charge in [0.2, 0.25) is 0 Å². The van der Waals surface area contributed by atoms with Gasteiger partial charge in [-0.25, -0.2) is 0 Å². The highest BCUT2D eigenvalue weighted by Gasteiger charge is 1.90. The lowest BCUT2D eigenvalue weighted by molar-refractivity contribution is 0.234. The summed E-state index contributed by atoms with van der Waals surface area (Å²) < 4.78 is 0. The van der Waals surface area contributed by atoms with Crippen molar-refractivity contribution in [3.8, 4) is 0 Å². The Morgan fingerprint density at radius 1 is 1.33 bits per heavy atom. The van der Waals surface area contributed by atoms with Crippen LogP contribution >= 0.6 is 0 Å². The van der Waals surface area contributed by atoms with Crippen molar-refractivity contribution in [2.24, 2.45) is 5.92 Å². The van der Waals surface area contributed by atoms with Gasteiger partial charge < -0.3 is 5.11 Å². The average molecular weight is 134 g/mol. The Hall–Kier alpha value is -0.0400. The summed E-state index contributed by atoms with van der Waals surface area (Å²) in [5, 5.41) is 8.33. The van der Waals surface area contributed by atoms with Gasteiger partial charge in [-0.1, -0.05) is 41.5 Å². The second-order valence-electron chi connectivity index (χ2n) is 1.70. The maximum atomic E-state index is 8.33. The first-order valence-electron chi connectivity index (χ1n) is 3.42. The Morgan fingerprint density at radius 3 is 1.67 bits per heavy atom. The van der Waals surface area contributed by atoms with Crippen LogP contribution in [-0.2, 0) is 0 Å². The van der Waals surface area contributed by atoms with Gasteiger partial charge in [-0.15, -0.1) is 0 Å². The third kappa shape index (κ3) is 18.0. The lowest BCUT2D eigenvalue weighted by atomic mass is 10.1. The second kappa shape index (κ2) is 15.7. The van der Waals surface area contributed by atoms with Gasteiger partial charge in [0.1, 0.15) is 0 Å². The maximum absolute atomic E-state index is 8.33. The predicted octanol–water partition coefficient (Wildman–Crippen LogP) is 2.69. The fourth-order valence-electron chi connectivity index (χ4n) is 0.129. The molecule has 0 aliphatic carbocycles. The molecule has 0 bridgehead atoms. The molecular formula is C8H22O. The smallest absolute Gasteiger partial charge is 0.0456 e. The molecule has 0 fully saturated rings. The number of rotatable bonds is 2. The zero-order valence-electron chi connectivity index (χ0n) is 6.44. The van der Waals surface area contributed by atoms with Gasteiger partial charge >= 0.3 is 0 Å². The van der Waals surface area contributed by atoms with E-state index in [1.807, 2.05) is 20.8 Å². The van der Waals surface area contributed by atoms with E-state index >= 15 is 0 Å². The molecule has 0 aliphatic heterocycles. The van der Waals surface area contributed by atoms with E-state index in [2.05, 4.69) is 6.92 Å². The topological polar surface area (TPSA) is 20.2 Å². The van der Waals surface area contributed by atoms with Crippen molar-refractivity contribution < 1.29 is 5.11 Å². The minimum absolute atomic E-state index is 0. The molecule has 0 spiro atoms. The van der Waals surface area contributed by atoms with Crippen LogP contribution < -0.4 is 0 Å². The van der Waals surface area contributed by atoms with E-state index in [0.29, 0.717) is 12.5 Å². The zero-order chi connectivity index (χ0) is 6.99. The highest BCUT2D eigenvalue weighted by Crippen LogP contribution is 1.95. The van der Waals surface area contributed by atoms with Crippen molar-refractivity contribution >= 4 is 0 Å². The van der Waals surface area contributed by atoms with E-state index < -0.39 is 0 Å². The summed E-state index contributed by atoms with van der Waals surface area (Å²) in [5.41, 5.74) is 0. The van der Waals surface area contributed by atoms with E-state index in [4.69, 9.17) is 5.11 Å². The van der Waals surface area contributed by atoms with Crippen LogP contribution in [0.15, 0.2) is 0 Å². The van der Waals surface area contributed by atoms with Crippen LogP contribution in [0.1, 0.15) is 41.5 Å². The molecule has 0 rings (SSSR count). The monoisotopic (exact) mass is 134 g/mol. The summed E-state index contributed by atoms with van der Waals surface area (Å²) in [4.78, 5) is 0. The number of aliphatic hydroxyl groups is 1. The molecule has 0 aromatic rings. The largest absolute Gasteiger partial charge is 0.396 e. The Kier molecular flexibility index (Phi) is 27.8. The standard InChI is InChI=1S/C5H12O.C2H6.CH4/c1-3-5(2)4-6;1-2;/h5-6H,3-4H2,1-2H3;1-2H3;1H4. The Labute approximate surface area is 60.1 Å². The molecule has 0 aliphatic rings. The molecule has 1 unspecified atom stereocenters. The van der Waals surface area contributed by atoms with Crippen molar-refractivity contribution in [2.75, 3.05) is 6.61 Å². The van der Waals surface area contributed by atoms with Crippen molar-refractivity contribution in [2.45, 2.75) is 41.5 Å². The first-order chi connectivity index (χ1) is 3.81. The van der Waals surface area contributed by atoms with Gasteiger partial charge in [-0.2, -0.15) is 0 Å². The summed E-state index contributed by atoms with van der Waals surface area (Å²) in [6.45, 7) is 8.43. The number of aliphatic hydroxyl groups excluding tert-OH is 1. The molecule has 9 heavy (non-hydrogen) atoms. The SMILES string of the molecule is C.CC.CCC(C)CO. The third-order valence-electron chi connectivity index (χ3n) is 1.01. The lowest BCUT2D eigenvalue weighted by Gasteiger charge is -1.98. The highest BCUT2D eigenvalue weighted by molar-refractivity contribution is 4.41. The Balaban J connectivity index is -0.000000109. The summed E-state index contributed by atoms with van der Waals surface area (Å²) in [6, 6.07) is 0. The summed E-state index contributed by atoms with van der Waals surface area (Å²) in [5.74, 6) is 0.491. The van der Waals surface area contributed by atoms with Crippen LogP contribution in [0.5, 0.6) is 0 Å². The van der Waals surface area contributed by atoms with E-state index in [0.717, 1.165) is 6.42 Å². The normalized spacial score (nSPS) is 10.3. The van der Waals surface area contributed by atoms with E-state index in [1.165, 1.54) is 0 Å². The summed E-state index contributed by atoms with van der Waals surface area (Å²) >= 11 is 0. The molecule has 0 saturated carbocycles. The number of hydrogen-bond acceptors (Lipinski definition) is 1. The van der Waals surface area contributed by atoms with Crippen LogP contribution in [0.4, 0.5) is 0 Å². The van der Waals surface area contributed by atoms with Gasteiger partial charge in [0.15, 0.2) is 0 Å². The minimum atomic E-state index is 0. The fourth-order valence-corrected chi connectivity index (χ4v) is 0.129. The maximum Gasteiger partial charge on any atom is 0.0456 e. The molecule has 0 heterocycles. The van der Waals surface area contributed by atoms with E-state index in [9.17, 15) is 0 Å². The number of hydrogen-bond donors (Lipinski definition) is 1. The molecule has 0 aromatic carbocycles. The van der Waals surface area contributed by atoms with Crippen LogP contribution in [-0.4, -0.2) is 11.7 Å². The fraction of sp³-hybridized carbons (Fsp3) is 1.00. The molecule has 1 N–H and O–H groups in total. The summed E-state index contributed by atoms with van der Waals surface area (Å²) in [7, 11) is 0. The van der Waals surface area contributed by atoms with Crippen LogP contribution in [0, 0.1) is 5.92 Å². The molecule has 0 saturated heterocycles. The molecule has 0 aromatic heterocycles. The molecule has 1 atom stereocenters. The summed E-state index contributed by atoms with van der Waals surface area (Å²) in [6.07, 6.45) is 1.08. The van der Waals surface area contributed by atoms with Gasteiger partial charge in [0, 0.05) is 6.61 Å². The second-order valence-corrected chi connectivity index (χ2v) is 1.70. The van der Waals surface area contributed by atoms with Crippen molar-refractivity contribution in [1.82, 2.24) is 0 Å². The van der Waals surface area contributed by atoms with E-state index in [-0.39, 0.29) is 7.43 Å². The molecule has 60 valence electrons. The molecule has 1 heteroatoms. The van der Waals surface area contributed by atoms with Gasteiger partial charge in [-0.3, -0.25) is 0 Å². The molecule has 0 amide bonds. The van der Waals surface area contributed by atoms with Crippen molar-refractivity contribution in [3.63, 3.8) is 0 Å². The minimum Gasteiger partial charge on any atom is -0.396 e. The average Bonchev–Trinajstić information content (AvgIpc) is 1.91. The Bertz CT molecular complexity index is 23.7. The Morgan fingerprint density at radius 2 is 1.67 bits per heavy atom. The zero-order valence-corrected chi connectivity index (χ0v) is 6.44. The molecule has 1 nitrogen and oxygen atoms in total. The first kappa shape index (κ1) is 16.0. The van der Waals surface area contributed by atoms with Crippen molar-refractivity contribution in [1.29, 1.82) is 0 Å². The van der Waals surface area contributed by atoms with Gasteiger partial charge in [-0.05, 0) is 5.92 Å².